The van der Waals surface area contributed by atoms with Crippen molar-refractivity contribution >= 4 is 23.5 Å². The summed E-state index contributed by atoms with van der Waals surface area (Å²) < 4.78 is 0. The van der Waals surface area contributed by atoms with E-state index < -0.39 is 6.04 Å². The van der Waals surface area contributed by atoms with Crippen LogP contribution in [0.1, 0.15) is 30.4 Å². The number of carbonyl (C=O) groups excluding carboxylic acids is 2. The Morgan fingerprint density at radius 2 is 1.96 bits per heavy atom. The van der Waals surface area contributed by atoms with E-state index in [2.05, 4.69) is 29.6 Å². The zero-order valence-corrected chi connectivity index (χ0v) is 15.7. The summed E-state index contributed by atoms with van der Waals surface area (Å²) in [6.07, 6.45) is 4.24. The first-order chi connectivity index (χ1) is 12.7. The molecule has 3 atom stereocenters. The van der Waals surface area contributed by atoms with E-state index >= 15 is 0 Å². The highest BCUT2D eigenvalue weighted by Crippen LogP contribution is 2.32. The molecular weight excluding hydrogens is 348 g/mol. The van der Waals surface area contributed by atoms with Crippen LogP contribution in [0.5, 0.6) is 0 Å². The lowest BCUT2D eigenvalue weighted by Gasteiger charge is -2.28. The summed E-state index contributed by atoms with van der Waals surface area (Å²) in [6.45, 7) is 0.691. The van der Waals surface area contributed by atoms with Crippen LogP contribution in [-0.4, -0.2) is 58.1 Å². The fourth-order valence-corrected chi connectivity index (χ4v) is 5.76. The van der Waals surface area contributed by atoms with Crippen LogP contribution in [-0.2, 0) is 22.4 Å². The van der Waals surface area contributed by atoms with Crippen molar-refractivity contribution in [3.05, 3.63) is 35.4 Å². The maximum absolute atomic E-state index is 13.0. The third-order valence-corrected chi connectivity index (χ3v) is 7.18. The molecule has 1 unspecified atom stereocenters. The van der Waals surface area contributed by atoms with Crippen molar-refractivity contribution in [1.29, 1.82) is 0 Å². The van der Waals surface area contributed by atoms with Crippen molar-refractivity contribution in [2.24, 2.45) is 5.92 Å². The number of likely N-dealkylation sites (tertiary alicyclic amines) is 1. The van der Waals surface area contributed by atoms with Gasteiger partial charge in [0.25, 0.3) is 0 Å². The number of ketones is 1. The highest BCUT2D eigenvalue weighted by atomic mass is 32.2. The van der Waals surface area contributed by atoms with Crippen LogP contribution in [0.4, 0.5) is 0 Å². The van der Waals surface area contributed by atoms with Gasteiger partial charge in [0.15, 0.2) is 0 Å². The molecule has 3 aliphatic rings. The van der Waals surface area contributed by atoms with Crippen molar-refractivity contribution in [2.75, 3.05) is 19.0 Å². The Bertz CT molecular complexity index is 670. The number of nitrogens with zero attached hydrogens (tertiary/aromatic N) is 1. The molecule has 2 heterocycles. The van der Waals surface area contributed by atoms with Gasteiger partial charge in [-0.2, -0.15) is 0 Å². The number of thioether (sulfide) groups is 1. The van der Waals surface area contributed by atoms with E-state index in [9.17, 15) is 14.7 Å². The third-order valence-electron chi connectivity index (χ3n) is 5.95. The summed E-state index contributed by atoms with van der Waals surface area (Å²) in [5, 5.41) is 12.4. The fraction of sp³-hybridized carbons (Fsp3) is 0.600. The van der Waals surface area contributed by atoms with Gasteiger partial charge in [0.05, 0.1) is 17.9 Å². The van der Waals surface area contributed by atoms with Crippen molar-refractivity contribution in [2.45, 2.75) is 49.4 Å². The minimum Gasteiger partial charge on any atom is -0.394 e. The second kappa shape index (κ2) is 7.71. The van der Waals surface area contributed by atoms with E-state index in [1.54, 1.807) is 16.7 Å². The number of Topliss-reactive ketones (excluding diaryl/α,β-unsaturated/α-hetero) is 1. The minimum atomic E-state index is -0.441. The largest absolute Gasteiger partial charge is 0.394 e. The third kappa shape index (κ3) is 3.42. The molecule has 0 aromatic heterocycles. The molecule has 26 heavy (non-hydrogen) atoms. The van der Waals surface area contributed by atoms with Crippen molar-refractivity contribution < 1.29 is 14.7 Å². The highest BCUT2D eigenvalue weighted by Gasteiger charge is 2.43. The molecule has 0 spiro atoms. The molecule has 1 aromatic rings. The minimum absolute atomic E-state index is 0.00451. The SMILES string of the molecule is O=C(CC1Cc2ccccc2C1)C1SCN[C@@H]1C(=O)N1CCC[C@H]1CO. The summed E-state index contributed by atoms with van der Waals surface area (Å²) in [6, 6.07) is 7.89. The summed E-state index contributed by atoms with van der Waals surface area (Å²) >= 11 is 1.55. The lowest BCUT2D eigenvalue weighted by atomic mass is 9.95. The predicted molar refractivity (Wildman–Crippen MR) is 102 cm³/mol. The number of benzene rings is 1. The molecule has 0 bridgehead atoms. The number of aliphatic hydroxyl groups excluding tert-OH is 1. The maximum Gasteiger partial charge on any atom is 0.241 e. The maximum atomic E-state index is 13.0. The average Bonchev–Trinajstić information content (AvgIpc) is 3.38. The molecule has 2 aliphatic heterocycles. The van der Waals surface area contributed by atoms with Gasteiger partial charge in [-0.05, 0) is 42.7 Å². The lowest BCUT2D eigenvalue weighted by molar-refractivity contribution is -0.136. The topological polar surface area (TPSA) is 69.6 Å². The number of fused-ring (bicyclic) bond motifs is 1. The smallest absolute Gasteiger partial charge is 0.241 e. The van der Waals surface area contributed by atoms with Gasteiger partial charge in [-0.1, -0.05) is 24.3 Å². The van der Waals surface area contributed by atoms with Gasteiger partial charge < -0.3 is 10.0 Å². The first kappa shape index (κ1) is 18.0. The standard InChI is InChI=1S/C20H26N2O3S/c23-11-16-6-3-7-22(16)20(25)18-19(26-12-21-18)17(24)10-13-8-14-4-1-2-5-15(14)9-13/h1-2,4-5,13,16,18-19,21,23H,3,6-12H2/t16-,18-,19?/m0/s1. The van der Waals surface area contributed by atoms with Crippen molar-refractivity contribution in [3.8, 4) is 0 Å². The zero-order chi connectivity index (χ0) is 18.1. The second-order valence-electron chi connectivity index (χ2n) is 7.64. The van der Waals surface area contributed by atoms with Crippen LogP contribution >= 0.6 is 11.8 Å². The summed E-state index contributed by atoms with van der Waals surface area (Å²) in [4.78, 5) is 27.7. The van der Waals surface area contributed by atoms with Gasteiger partial charge in [-0.15, -0.1) is 11.8 Å². The molecule has 2 saturated heterocycles. The second-order valence-corrected chi connectivity index (χ2v) is 8.77. The first-order valence-electron chi connectivity index (χ1n) is 9.53. The van der Waals surface area contributed by atoms with E-state index in [0.29, 0.717) is 24.8 Å². The molecule has 0 saturated carbocycles. The Kier molecular flexibility index (Phi) is 5.34. The molecule has 1 amide bonds. The fourth-order valence-electron chi connectivity index (χ4n) is 4.62. The van der Waals surface area contributed by atoms with Gasteiger partial charge >= 0.3 is 0 Å². The number of hydrogen-bond acceptors (Lipinski definition) is 5. The molecule has 5 nitrogen and oxygen atoms in total. The van der Waals surface area contributed by atoms with Crippen molar-refractivity contribution in [3.63, 3.8) is 0 Å². The van der Waals surface area contributed by atoms with Gasteiger partial charge in [-0.3, -0.25) is 14.9 Å². The Hall–Kier alpha value is -1.37. The molecule has 2 N–H and O–H groups in total. The lowest BCUT2D eigenvalue weighted by Crippen LogP contribution is -2.52. The van der Waals surface area contributed by atoms with Gasteiger partial charge in [0.2, 0.25) is 5.91 Å². The quantitative estimate of drug-likeness (QED) is 0.815. The molecule has 140 valence electrons. The van der Waals surface area contributed by atoms with Crippen LogP contribution in [0.3, 0.4) is 0 Å². The first-order valence-corrected chi connectivity index (χ1v) is 10.6. The Labute approximate surface area is 158 Å². The van der Waals surface area contributed by atoms with E-state index in [1.807, 2.05) is 0 Å². The predicted octanol–water partition coefficient (Wildman–Crippen LogP) is 1.38. The molecule has 0 radical (unpaired) electrons. The number of rotatable bonds is 5. The van der Waals surface area contributed by atoms with Crippen LogP contribution in [0, 0.1) is 5.92 Å². The Morgan fingerprint density at radius 1 is 1.23 bits per heavy atom. The molecule has 1 aliphatic carbocycles. The monoisotopic (exact) mass is 374 g/mol. The van der Waals surface area contributed by atoms with E-state index in [1.165, 1.54) is 11.1 Å². The zero-order valence-electron chi connectivity index (χ0n) is 14.9. The van der Waals surface area contributed by atoms with Crippen LogP contribution in [0.25, 0.3) is 0 Å². The summed E-state index contributed by atoms with van der Waals surface area (Å²) in [5.41, 5.74) is 2.72. The van der Waals surface area contributed by atoms with E-state index in [-0.39, 0.29) is 29.6 Å². The molecule has 2 fully saturated rings. The molecular formula is C20H26N2O3S. The number of amides is 1. The average molecular weight is 375 g/mol. The van der Waals surface area contributed by atoms with Crippen molar-refractivity contribution in [1.82, 2.24) is 10.2 Å². The Balaban J connectivity index is 1.39. The highest BCUT2D eigenvalue weighted by molar-refractivity contribution is 8.00. The van der Waals surface area contributed by atoms with Gasteiger partial charge in [0, 0.05) is 18.8 Å². The van der Waals surface area contributed by atoms with Gasteiger partial charge in [-0.25, -0.2) is 0 Å². The van der Waals surface area contributed by atoms with Crippen LogP contribution < -0.4 is 5.32 Å². The molecule has 4 rings (SSSR count). The van der Waals surface area contributed by atoms with Crippen LogP contribution in [0.15, 0.2) is 24.3 Å². The number of carbonyl (C=O) groups is 2. The number of nitrogens with one attached hydrogen (secondary N) is 1. The Morgan fingerprint density at radius 3 is 2.65 bits per heavy atom. The van der Waals surface area contributed by atoms with Crippen LogP contribution in [0.2, 0.25) is 0 Å². The number of aliphatic hydroxyl groups is 1. The summed E-state index contributed by atoms with van der Waals surface area (Å²) in [7, 11) is 0. The normalized spacial score (nSPS) is 28.5. The summed E-state index contributed by atoms with van der Waals surface area (Å²) in [5.74, 6) is 1.17. The van der Waals surface area contributed by atoms with E-state index in [4.69, 9.17) is 0 Å². The molecule has 6 heteroatoms. The number of hydrogen-bond donors (Lipinski definition) is 2. The van der Waals surface area contributed by atoms with E-state index in [0.717, 1.165) is 25.7 Å². The van der Waals surface area contributed by atoms with Gasteiger partial charge in [0.1, 0.15) is 11.8 Å². The molecule has 1 aromatic carbocycles.